The monoisotopic (exact) mass is 433 g/mol. The van der Waals surface area contributed by atoms with Gasteiger partial charge in [-0.2, -0.15) is 0 Å². The number of nitrogens with one attached hydrogen (secondary N) is 1. The van der Waals surface area contributed by atoms with Crippen LogP contribution in [0.3, 0.4) is 0 Å². The molecule has 9 heteroatoms. The van der Waals surface area contributed by atoms with Crippen LogP contribution in [-0.4, -0.2) is 25.2 Å². The topological polar surface area (TPSA) is 94.3 Å². The van der Waals surface area contributed by atoms with Crippen molar-refractivity contribution in [2.24, 2.45) is 0 Å². The Balaban J connectivity index is 1.42. The molecule has 0 unspecified atom stereocenters. The molecule has 29 heavy (non-hydrogen) atoms. The van der Waals surface area contributed by atoms with Gasteiger partial charge in [0.2, 0.25) is 15.9 Å². The van der Waals surface area contributed by atoms with Gasteiger partial charge in [0.25, 0.3) is 5.89 Å². The van der Waals surface area contributed by atoms with Crippen LogP contribution in [0.25, 0.3) is 10.8 Å². The first kappa shape index (κ1) is 20.1. The number of benzene rings is 1. The summed E-state index contributed by atoms with van der Waals surface area (Å²) < 4.78 is 39.3. The van der Waals surface area contributed by atoms with Crippen LogP contribution in [0.2, 0.25) is 0 Å². The van der Waals surface area contributed by atoms with Gasteiger partial charge in [-0.15, -0.1) is 21.5 Å². The summed E-state index contributed by atoms with van der Waals surface area (Å²) in [5.74, 6) is 2.13. The summed E-state index contributed by atoms with van der Waals surface area (Å²) in [7, 11) is -3.63. The van der Waals surface area contributed by atoms with E-state index in [9.17, 15) is 8.42 Å². The van der Waals surface area contributed by atoms with Crippen molar-refractivity contribution in [3.05, 3.63) is 47.9 Å². The molecule has 1 fully saturated rings. The molecule has 0 radical (unpaired) electrons. The molecule has 1 saturated carbocycles. The highest BCUT2D eigenvalue weighted by Crippen LogP contribution is 2.36. The lowest BCUT2D eigenvalue weighted by molar-refractivity contribution is 0.340. The Morgan fingerprint density at radius 3 is 2.62 bits per heavy atom. The largest absolute Gasteiger partial charge is 0.494 e. The highest BCUT2D eigenvalue weighted by molar-refractivity contribution is 7.91. The van der Waals surface area contributed by atoms with E-state index in [1.165, 1.54) is 12.8 Å². The van der Waals surface area contributed by atoms with Gasteiger partial charge in [-0.25, -0.2) is 13.1 Å². The van der Waals surface area contributed by atoms with Crippen molar-refractivity contribution >= 4 is 21.4 Å². The molecule has 154 valence electrons. The van der Waals surface area contributed by atoms with Crippen molar-refractivity contribution in [1.82, 2.24) is 14.9 Å². The third-order valence-electron chi connectivity index (χ3n) is 4.90. The van der Waals surface area contributed by atoms with Crippen molar-refractivity contribution in [2.45, 2.75) is 49.3 Å². The molecule has 1 N–H and O–H groups in total. The molecule has 2 heterocycles. The van der Waals surface area contributed by atoms with Crippen LogP contribution in [-0.2, 0) is 16.6 Å². The van der Waals surface area contributed by atoms with Crippen molar-refractivity contribution in [3.8, 4) is 16.5 Å². The van der Waals surface area contributed by atoms with E-state index in [0.29, 0.717) is 29.2 Å². The van der Waals surface area contributed by atoms with Gasteiger partial charge in [-0.05, 0) is 49.6 Å². The maximum atomic E-state index is 12.6. The predicted molar refractivity (Wildman–Crippen MR) is 110 cm³/mol. The maximum Gasteiger partial charge on any atom is 0.257 e. The maximum absolute atomic E-state index is 12.6. The van der Waals surface area contributed by atoms with Gasteiger partial charge in [0.1, 0.15) is 9.96 Å². The Hall–Kier alpha value is -2.23. The van der Waals surface area contributed by atoms with Gasteiger partial charge in [0.05, 0.1) is 11.5 Å². The van der Waals surface area contributed by atoms with Gasteiger partial charge >= 0.3 is 0 Å². The first-order valence-electron chi connectivity index (χ1n) is 9.70. The van der Waals surface area contributed by atoms with E-state index in [-0.39, 0.29) is 10.8 Å². The SMILES string of the molecule is CCOc1ccc(CNS(=O)(=O)c2ccc(-c3nnc(C4CCCC4)o3)s2)cc1. The third kappa shape index (κ3) is 4.68. The minimum absolute atomic E-state index is 0.203. The molecule has 1 aromatic carbocycles. The summed E-state index contributed by atoms with van der Waals surface area (Å²) in [4.78, 5) is 0.656. The average molecular weight is 434 g/mol. The quantitative estimate of drug-likeness (QED) is 0.568. The molecule has 0 spiro atoms. The smallest absolute Gasteiger partial charge is 0.257 e. The molecule has 1 aliphatic carbocycles. The molecule has 7 nitrogen and oxygen atoms in total. The second-order valence-corrected chi connectivity index (χ2v) is 10.0. The number of sulfonamides is 1. The Morgan fingerprint density at radius 2 is 1.90 bits per heavy atom. The second-order valence-electron chi connectivity index (χ2n) is 6.95. The lowest BCUT2D eigenvalue weighted by Gasteiger charge is -2.06. The Kier molecular flexibility index (Phi) is 5.98. The van der Waals surface area contributed by atoms with Gasteiger partial charge in [-0.1, -0.05) is 25.0 Å². The summed E-state index contributed by atoms with van der Waals surface area (Å²) in [6.45, 7) is 2.71. The molecule has 0 aliphatic heterocycles. The van der Waals surface area contributed by atoms with Crippen molar-refractivity contribution < 1.29 is 17.6 Å². The molecule has 0 amide bonds. The van der Waals surface area contributed by atoms with Gasteiger partial charge in [-0.3, -0.25) is 0 Å². The van der Waals surface area contributed by atoms with Crippen LogP contribution in [0.4, 0.5) is 0 Å². The minimum Gasteiger partial charge on any atom is -0.494 e. The lowest BCUT2D eigenvalue weighted by atomic mass is 10.1. The molecule has 0 saturated heterocycles. The third-order valence-corrected chi connectivity index (χ3v) is 7.87. The summed E-state index contributed by atoms with van der Waals surface area (Å²) in [6.07, 6.45) is 4.51. The molecule has 2 aromatic heterocycles. The van der Waals surface area contributed by atoms with Crippen LogP contribution < -0.4 is 9.46 Å². The summed E-state index contributed by atoms with van der Waals surface area (Å²) >= 11 is 1.13. The zero-order valence-electron chi connectivity index (χ0n) is 16.1. The Bertz CT molecular complexity index is 1050. The Labute approximate surface area is 174 Å². The normalized spacial score (nSPS) is 15.1. The lowest BCUT2D eigenvalue weighted by Crippen LogP contribution is -2.22. The number of ether oxygens (including phenoxy) is 1. The van der Waals surface area contributed by atoms with Crippen molar-refractivity contribution in [3.63, 3.8) is 0 Å². The zero-order valence-corrected chi connectivity index (χ0v) is 17.8. The number of thiophene rings is 1. The number of rotatable bonds is 8. The molecule has 0 atom stereocenters. The minimum atomic E-state index is -3.63. The first-order chi connectivity index (χ1) is 14.0. The van der Waals surface area contributed by atoms with Crippen molar-refractivity contribution in [1.29, 1.82) is 0 Å². The zero-order chi connectivity index (χ0) is 20.3. The number of nitrogens with zero attached hydrogens (tertiary/aromatic N) is 2. The second kappa shape index (κ2) is 8.64. The fourth-order valence-electron chi connectivity index (χ4n) is 3.37. The summed E-state index contributed by atoms with van der Waals surface area (Å²) in [6, 6.07) is 10.6. The number of hydrogen-bond donors (Lipinski definition) is 1. The van der Waals surface area contributed by atoms with E-state index in [2.05, 4.69) is 14.9 Å². The van der Waals surface area contributed by atoms with Crippen molar-refractivity contribution in [2.75, 3.05) is 6.61 Å². The fraction of sp³-hybridized carbons (Fsp3) is 0.400. The van der Waals surface area contributed by atoms with E-state index in [1.54, 1.807) is 12.1 Å². The predicted octanol–water partition coefficient (Wildman–Crippen LogP) is 4.33. The first-order valence-corrected chi connectivity index (χ1v) is 12.0. The van der Waals surface area contributed by atoms with Crippen LogP contribution in [0, 0.1) is 0 Å². The molecule has 3 aromatic rings. The van der Waals surface area contributed by atoms with E-state index < -0.39 is 10.0 Å². The molecular weight excluding hydrogens is 410 g/mol. The van der Waals surface area contributed by atoms with E-state index in [0.717, 1.165) is 35.5 Å². The average Bonchev–Trinajstić information content (AvgIpc) is 3.48. The molecule has 0 bridgehead atoms. The Morgan fingerprint density at radius 1 is 1.14 bits per heavy atom. The molecule has 4 rings (SSSR count). The van der Waals surface area contributed by atoms with Crippen LogP contribution >= 0.6 is 11.3 Å². The van der Waals surface area contributed by atoms with Gasteiger partial charge in [0.15, 0.2) is 0 Å². The summed E-state index contributed by atoms with van der Waals surface area (Å²) in [5, 5.41) is 8.27. The number of hydrogen-bond acceptors (Lipinski definition) is 7. The highest BCUT2D eigenvalue weighted by atomic mass is 32.2. The van der Waals surface area contributed by atoms with Gasteiger partial charge in [0, 0.05) is 12.5 Å². The van der Waals surface area contributed by atoms with Crippen LogP contribution in [0.1, 0.15) is 50.0 Å². The van der Waals surface area contributed by atoms with E-state index in [1.807, 2.05) is 31.2 Å². The van der Waals surface area contributed by atoms with Crippen LogP contribution in [0.5, 0.6) is 5.75 Å². The van der Waals surface area contributed by atoms with E-state index >= 15 is 0 Å². The number of aromatic nitrogens is 2. The fourth-order valence-corrected chi connectivity index (χ4v) is 5.66. The molecule has 1 aliphatic rings. The van der Waals surface area contributed by atoms with Gasteiger partial charge < -0.3 is 9.15 Å². The van der Waals surface area contributed by atoms with E-state index in [4.69, 9.17) is 9.15 Å². The standard InChI is InChI=1S/C20H23N3O4S2/c1-2-26-16-9-7-14(8-10-16)13-21-29(24,25)18-12-11-17(28-18)20-23-22-19(27-20)15-5-3-4-6-15/h7-12,15,21H,2-6,13H2,1H3. The highest BCUT2D eigenvalue weighted by Gasteiger charge is 2.24. The summed E-state index contributed by atoms with van der Waals surface area (Å²) in [5.41, 5.74) is 0.854. The van der Waals surface area contributed by atoms with Crippen LogP contribution in [0.15, 0.2) is 45.0 Å². The molecular formula is C20H23N3O4S2.